The highest BCUT2D eigenvalue weighted by Gasteiger charge is 2.17. The van der Waals surface area contributed by atoms with Gasteiger partial charge in [-0.15, -0.1) is 0 Å². The maximum atomic E-state index is 5.42. The molecule has 1 saturated heterocycles. The third kappa shape index (κ3) is 2.52. The normalized spacial score (nSPS) is 16.5. The fourth-order valence-electron chi connectivity index (χ4n) is 2.90. The van der Waals surface area contributed by atoms with Gasteiger partial charge in [0.1, 0.15) is 3.70 Å². The summed E-state index contributed by atoms with van der Waals surface area (Å²) in [4.78, 5) is 4.48. The molecule has 22 heavy (non-hydrogen) atoms. The molecular weight excluding hydrogens is 393 g/mol. The Hall–Kier alpha value is -1.48. The summed E-state index contributed by atoms with van der Waals surface area (Å²) in [6.07, 6.45) is 8.01. The van der Waals surface area contributed by atoms with Crippen molar-refractivity contribution in [3.8, 4) is 11.1 Å². The number of ether oxygens (including phenoxy) is 1. The summed E-state index contributed by atoms with van der Waals surface area (Å²) in [5, 5.41) is 9.13. The maximum Gasteiger partial charge on any atom is 0.155 e. The quantitative estimate of drug-likeness (QED) is 0.611. The van der Waals surface area contributed by atoms with E-state index in [0.29, 0.717) is 6.04 Å². The van der Waals surface area contributed by atoms with E-state index in [1.807, 2.05) is 23.8 Å². The van der Waals surface area contributed by atoms with Crippen LogP contribution >= 0.6 is 22.6 Å². The molecule has 0 aliphatic carbocycles. The summed E-state index contributed by atoms with van der Waals surface area (Å²) in [5.41, 5.74) is 4.03. The van der Waals surface area contributed by atoms with Gasteiger partial charge in [0, 0.05) is 30.5 Å². The molecule has 3 aromatic heterocycles. The third-order valence-electron chi connectivity index (χ3n) is 4.08. The van der Waals surface area contributed by atoms with Crippen molar-refractivity contribution in [1.82, 2.24) is 24.4 Å². The van der Waals surface area contributed by atoms with E-state index in [-0.39, 0.29) is 0 Å². The summed E-state index contributed by atoms with van der Waals surface area (Å²) in [7, 11) is 0. The SMILES string of the molecule is Cc1nn2cc(I)nc2cc1-c1cnn(C2CCOCC2)c1. The molecule has 7 heteroatoms. The number of rotatable bonds is 2. The average Bonchev–Trinajstić information content (AvgIpc) is 3.13. The van der Waals surface area contributed by atoms with Crippen LogP contribution in [0.4, 0.5) is 0 Å². The lowest BCUT2D eigenvalue weighted by Gasteiger charge is -2.22. The maximum absolute atomic E-state index is 5.42. The van der Waals surface area contributed by atoms with Gasteiger partial charge in [0.15, 0.2) is 5.65 Å². The zero-order chi connectivity index (χ0) is 15.1. The zero-order valence-corrected chi connectivity index (χ0v) is 14.4. The molecule has 3 aromatic rings. The molecule has 0 atom stereocenters. The first-order valence-electron chi connectivity index (χ1n) is 7.35. The molecule has 114 valence electrons. The van der Waals surface area contributed by atoms with Gasteiger partial charge in [-0.2, -0.15) is 10.2 Å². The Bertz CT molecular complexity index is 819. The molecule has 1 aliphatic rings. The molecule has 0 spiro atoms. The van der Waals surface area contributed by atoms with Gasteiger partial charge in [0.25, 0.3) is 0 Å². The number of hydrogen-bond donors (Lipinski definition) is 0. The lowest BCUT2D eigenvalue weighted by atomic mass is 10.1. The standard InChI is InChI=1S/C15H16IN5O/c1-10-13(6-15-18-14(16)9-21(15)19-10)11-7-17-20(8-11)12-2-4-22-5-3-12/h6-9,12H,2-5H2,1H3. The van der Waals surface area contributed by atoms with Crippen LogP contribution < -0.4 is 0 Å². The Kier molecular flexibility index (Phi) is 3.61. The van der Waals surface area contributed by atoms with Crippen LogP contribution in [0.1, 0.15) is 24.6 Å². The summed E-state index contributed by atoms with van der Waals surface area (Å²) < 4.78 is 10.3. The fourth-order valence-corrected chi connectivity index (χ4v) is 3.41. The van der Waals surface area contributed by atoms with E-state index in [4.69, 9.17) is 4.74 Å². The molecule has 0 radical (unpaired) electrons. The van der Waals surface area contributed by atoms with E-state index in [1.54, 1.807) is 0 Å². The van der Waals surface area contributed by atoms with Crippen molar-refractivity contribution in [2.24, 2.45) is 0 Å². The summed E-state index contributed by atoms with van der Waals surface area (Å²) >= 11 is 2.20. The topological polar surface area (TPSA) is 57.2 Å². The molecule has 6 nitrogen and oxygen atoms in total. The zero-order valence-electron chi connectivity index (χ0n) is 12.2. The number of imidazole rings is 1. The Balaban J connectivity index is 1.72. The molecule has 1 fully saturated rings. The highest BCUT2D eigenvalue weighted by atomic mass is 127. The molecule has 0 unspecified atom stereocenters. The second-order valence-electron chi connectivity index (χ2n) is 5.56. The number of aromatic nitrogens is 5. The van der Waals surface area contributed by atoms with E-state index < -0.39 is 0 Å². The van der Waals surface area contributed by atoms with Crippen molar-refractivity contribution in [2.45, 2.75) is 25.8 Å². The number of fused-ring (bicyclic) bond motifs is 1. The van der Waals surface area contributed by atoms with Gasteiger partial charge < -0.3 is 4.74 Å². The van der Waals surface area contributed by atoms with Crippen LogP contribution in [0.2, 0.25) is 0 Å². The minimum absolute atomic E-state index is 0.437. The van der Waals surface area contributed by atoms with Crippen LogP contribution in [0.15, 0.2) is 24.7 Å². The molecule has 0 saturated carbocycles. The van der Waals surface area contributed by atoms with Crippen LogP contribution in [-0.2, 0) is 4.74 Å². The van der Waals surface area contributed by atoms with E-state index in [0.717, 1.165) is 52.2 Å². The van der Waals surface area contributed by atoms with E-state index in [9.17, 15) is 0 Å². The summed E-state index contributed by atoms with van der Waals surface area (Å²) in [6.45, 7) is 3.66. The molecule has 0 amide bonds. The van der Waals surface area contributed by atoms with Gasteiger partial charge in [-0.25, -0.2) is 9.50 Å². The van der Waals surface area contributed by atoms with Gasteiger partial charge in [0.2, 0.25) is 0 Å². The predicted molar refractivity (Wildman–Crippen MR) is 90.8 cm³/mol. The Labute approximate surface area is 141 Å². The second kappa shape index (κ2) is 5.62. The molecule has 4 heterocycles. The minimum Gasteiger partial charge on any atom is -0.381 e. The molecular formula is C15H16IN5O. The van der Waals surface area contributed by atoms with Crippen molar-refractivity contribution < 1.29 is 4.74 Å². The highest BCUT2D eigenvalue weighted by Crippen LogP contribution is 2.26. The van der Waals surface area contributed by atoms with Crippen molar-refractivity contribution >= 4 is 28.2 Å². The van der Waals surface area contributed by atoms with Gasteiger partial charge in [-0.1, -0.05) is 0 Å². The van der Waals surface area contributed by atoms with Crippen molar-refractivity contribution in [1.29, 1.82) is 0 Å². The number of hydrogen-bond acceptors (Lipinski definition) is 4. The first kappa shape index (κ1) is 14.1. The van der Waals surface area contributed by atoms with Gasteiger partial charge >= 0.3 is 0 Å². The highest BCUT2D eigenvalue weighted by molar-refractivity contribution is 14.1. The first-order chi connectivity index (χ1) is 10.7. The number of halogens is 1. The molecule has 1 aliphatic heterocycles. The fraction of sp³-hybridized carbons (Fsp3) is 0.400. The Morgan fingerprint density at radius 1 is 1.27 bits per heavy atom. The van der Waals surface area contributed by atoms with Crippen LogP contribution in [-0.4, -0.2) is 37.6 Å². The minimum atomic E-state index is 0.437. The predicted octanol–water partition coefficient (Wildman–Crippen LogP) is 2.86. The van der Waals surface area contributed by atoms with Crippen molar-refractivity contribution in [3.63, 3.8) is 0 Å². The van der Waals surface area contributed by atoms with E-state index >= 15 is 0 Å². The van der Waals surface area contributed by atoms with Crippen LogP contribution in [0.25, 0.3) is 16.8 Å². The van der Waals surface area contributed by atoms with Crippen molar-refractivity contribution in [3.05, 3.63) is 34.1 Å². The summed E-state index contributed by atoms with van der Waals surface area (Å²) in [5.74, 6) is 0. The average molecular weight is 409 g/mol. The monoisotopic (exact) mass is 409 g/mol. The summed E-state index contributed by atoms with van der Waals surface area (Å²) in [6, 6.07) is 2.52. The molecule has 0 aromatic carbocycles. The lowest BCUT2D eigenvalue weighted by Crippen LogP contribution is -2.19. The third-order valence-corrected chi connectivity index (χ3v) is 4.60. The Morgan fingerprint density at radius 2 is 2.09 bits per heavy atom. The van der Waals surface area contributed by atoms with Gasteiger partial charge in [0.05, 0.1) is 24.1 Å². The second-order valence-corrected chi connectivity index (χ2v) is 6.67. The first-order valence-corrected chi connectivity index (χ1v) is 8.43. The van der Waals surface area contributed by atoms with E-state index in [2.05, 4.69) is 54.7 Å². The van der Waals surface area contributed by atoms with Gasteiger partial charge in [-0.3, -0.25) is 4.68 Å². The molecule has 4 rings (SSSR count). The smallest absolute Gasteiger partial charge is 0.155 e. The van der Waals surface area contributed by atoms with Gasteiger partial charge in [-0.05, 0) is 48.4 Å². The molecule has 0 N–H and O–H groups in total. The lowest BCUT2D eigenvalue weighted by molar-refractivity contribution is 0.0662. The van der Waals surface area contributed by atoms with Crippen LogP contribution in [0, 0.1) is 10.6 Å². The molecule has 0 bridgehead atoms. The van der Waals surface area contributed by atoms with Crippen molar-refractivity contribution in [2.75, 3.05) is 13.2 Å². The number of aryl methyl sites for hydroxylation is 1. The van der Waals surface area contributed by atoms with E-state index in [1.165, 1.54) is 0 Å². The largest absolute Gasteiger partial charge is 0.381 e. The Morgan fingerprint density at radius 3 is 2.91 bits per heavy atom. The number of nitrogens with zero attached hydrogens (tertiary/aromatic N) is 5. The van der Waals surface area contributed by atoms with Crippen LogP contribution in [0.3, 0.4) is 0 Å². The van der Waals surface area contributed by atoms with Crippen LogP contribution in [0.5, 0.6) is 0 Å².